The lowest BCUT2D eigenvalue weighted by atomic mass is 10.1. The van der Waals surface area contributed by atoms with Gasteiger partial charge in [0.25, 0.3) is 11.1 Å². The summed E-state index contributed by atoms with van der Waals surface area (Å²) in [6.45, 7) is 6.11. The fourth-order valence-corrected chi connectivity index (χ4v) is 4.57. The van der Waals surface area contributed by atoms with E-state index in [9.17, 15) is 14.4 Å². The van der Waals surface area contributed by atoms with Crippen molar-refractivity contribution in [1.29, 1.82) is 0 Å². The van der Waals surface area contributed by atoms with Crippen LogP contribution in [-0.4, -0.2) is 31.7 Å². The molecule has 7 heteroatoms. The van der Waals surface area contributed by atoms with Crippen LogP contribution in [0.1, 0.15) is 38.4 Å². The van der Waals surface area contributed by atoms with Crippen LogP contribution < -0.4 is 0 Å². The Kier molecular flexibility index (Phi) is 5.76. The molecule has 0 atom stereocenters. The zero-order valence-corrected chi connectivity index (χ0v) is 18.8. The molecule has 0 radical (unpaired) electrons. The Morgan fingerprint density at radius 3 is 2.28 bits per heavy atom. The molecule has 1 aliphatic heterocycles. The number of aryl methyl sites for hydroxylation is 2. The number of aromatic carboxylic acids is 1. The van der Waals surface area contributed by atoms with Crippen molar-refractivity contribution < 1.29 is 19.5 Å². The fraction of sp³-hybridized carbons (Fsp3) is 0.160. The number of benzene rings is 2. The third kappa shape index (κ3) is 4.11. The number of carbonyl (C=O) groups is 3. The summed E-state index contributed by atoms with van der Waals surface area (Å²) in [5, 5.41) is 8.83. The number of thioether (sulfide) groups is 1. The van der Waals surface area contributed by atoms with Crippen molar-refractivity contribution in [3.8, 4) is 5.69 Å². The molecule has 3 aromatic rings. The molecule has 2 heterocycles. The van der Waals surface area contributed by atoms with Gasteiger partial charge in [-0.1, -0.05) is 29.8 Å². The fourth-order valence-electron chi connectivity index (χ4n) is 3.74. The number of aromatic nitrogens is 1. The van der Waals surface area contributed by atoms with E-state index in [2.05, 4.69) is 0 Å². The van der Waals surface area contributed by atoms with Crippen molar-refractivity contribution in [2.75, 3.05) is 0 Å². The number of amides is 2. The molecule has 32 heavy (non-hydrogen) atoms. The average molecular weight is 447 g/mol. The van der Waals surface area contributed by atoms with E-state index in [0.29, 0.717) is 4.91 Å². The van der Waals surface area contributed by atoms with Crippen LogP contribution in [-0.2, 0) is 11.3 Å². The second-order valence-electron chi connectivity index (χ2n) is 7.77. The Morgan fingerprint density at radius 1 is 1.00 bits per heavy atom. The Balaban J connectivity index is 1.61. The van der Waals surface area contributed by atoms with Gasteiger partial charge in [0, 0.05) is 17.1 Å². The smallest absolute Gasteiger partial charge is 0.335 e. The molecule has 4 rings (SSSR count). The summed E-state index contributed by atoms with van der Waals surface area (Å²) in [6, 6.07) is 16.3. The van der Waals surface area contributed by atoms with Gasteiger partial charge in [0.2, 0.25) is 0 Å². The van der Waals surface area contributed by atoms with Gasteiger partial charge in [-0.15, -0.1) is 0 Å². The first-order valence-corrected chi connectivity index (χ1v) is 10.9. The predicted molar refractivity (Wildman–Crippen MR) is 125 cm³/mol. The van der Waals surface area contributed by atoms with E-state index in [0.717, 1.165) is 45.5 Å². The maximum Gasteiger partial charge on any atom is 0.335 e. The number of hydrogen-bond acceptors (Lipinski definition) is 4. The van der Waals surface area contributed by atoms with Gasteiger partial charge in [0.1, 0.15) is 0 Å². The summed E-state index contributed by atoms with van der Waals surface area (Å²) in [5.41, 5.74) is 5.76. The van der Waals surface area contributed by atoms with E-state index in [4.69, 9.17) is 5.11 Å². The SMILES string of the molecule is Cc1ccc(CN2C(=O)S/C(=C/c3cc(C)n(-c4ccc(C(=O)O)cc4)c3C)C2=O)cc1. The first-order chi connectivity index (χ1) is 15.2. The van der Waals surface area contributed by atoms with Gasteiger partial charge in [0.05, 0.1) is 17.0 Å². The normalized spacial score (nSPS) is 15.1. The molecule has 1 aliphatic rings. The minimum atomic E-state index is -0.973. The van der Waals surface area contributed by atoms with Gasteiger partial charge >= 0.3 is 5.97 Å². The third-order valence-electron chi connectivity index (χ3n) is 5.46. The molecule has 162 valence electrons. The van der Waals surface area contributed by atoms with Crippen LogP contribution in [0.3, 0.4) is 0 Å². The van der Waals surface area contributed by atoms with Crippen molar-refractivity contribution in [3.05, 3.63) is 93.1 Å². The van der Waals surface area contributed by atoms with E-state index in [1.807, 2.05) is 55.7 Å². The summed E-state index contributed by atoms with van der Waals surface area (Å²) in [5.74, 6) is -1.27. The summed E-state index contributed by atoms with van der Waals surface area (Å²) in [7, 11) is 0. The first-order valence-electron chi connectivity index (χ1n) is 10.1. The molecular weight excluding hydrogens is 424 g/mol. The number of carboxylic acids is 1. The van der Waals surface area contributed by atoms with Crippen LogP contribution >= 0.6 is 11.8 Å². The molecule has 1 saturated heterocycles. The van der Waals surface area contributed by atoms with Crippen LogP contribution in [0.5, 0.6) is 0 Å². The molecule has 0 aliphatic carbocycles. The van der Waals surface area contributed by atoms with Crippen LogP contribution in [0.4, 0.5) is 4.79 Å². The maximum absolute atomic E-state index is 12.9. The molecule has 0 saturated carbocycles. The first kappa shape index (κ1) is 21.6. The van der Waals surface area contributed by atoms with E-state index in [-0.39, 0.29) is 23.3 Å². The van der Waals surface area contributed by atoms with Crippen molar-refractivity contribution in [3.63, 3.8) is 0 Å². The van der Waals surface area contributed by atoms with E-state index < -0.39 is 5.97 Å². The van der Waals surface area contributed by atoms with Gasteiger partial charge < -0.3 is 9.67 Å². The molecule has 1 aromatic heterocycles. The molecule has 0 bridgehead atoms. The van der Waals surface area contributed by atoms with Crippen molar-refractivity contribution in [2.24, 2.45) is 0 Å². The highest BCUT2D eigenvalue weighted by molar-refractivity contribution is 8.18. The highest BCUT2D eigenvalue weighted by atomic mass is 32.2. The topological polar surface area (TPSA) is 79.6 Å². The number of carboxylic acid groups (broad SMARTS) is 1. The van der Waals surface area contributed by atoms with Crippen LogP contribution in [0.15, 0.2) is 59.5 Å². The number of rotatable bonds is 5. The Bertz CT molecular complexity index is 1250. The molecule has 1 N–H and O–H groups in total. The number of hydrogen-bond donors (Lipinski definition) is 1. The maximum atomic E-state index is 12.9. The Labute approximate surface area is 190 Å². The lowest BCUT2D eigenvalue weighted by molar-refractivity contribution is -0.123. The van der Waals surface area contributed by atoms with Crippen molar-refractivity contribution in [1.82, 2.24) is 9.47 Å². The summed E-state index contributed by atoms with van der Waals surface area (Å²) in [4.78, 5) is 38.2. The second kappa shape index (κ2) is 8.51. The number of imide groups is 1. The largest absolute Gasteiger partial charge is 0.478 e. The van der Waals surface area contributed by atoms with Crippen LogP contribution in [0.25, 0.3) is 11.8 Å². The number of nitrogens with zero attached hydrogens (tertiary/aromatic N) is 2. The molecule has 6 nitrogen and oxygen atoms in total. The quantitative estimate of drug-likeness (QED) is 0.536. The summed E-state index contributed by atoms with van der Waals surface area (Å²) in [6.07, 6.45) is 1.75. The van der Waals surface area contributed by atoms with E-state index in [1.54, 1.807) is 30.3 Å². The van der Waals surface area contributed by atoms with Crippen molar-refractivity contribution >= 4 is 35.0 Å². The van der Waals surface area contributed by atoms with Crippen LogP contribution in [0.2, 0.25) is 0 Å². The lowest BCUT2D eigenvalue weighted by Gasteiger charge is -2.12. The van der Waals surface area contributed by atoms with Gasteiger partial charge in [-0.3, -0.25) is 14.5 Å². The third-order valence-corrected chi connectivity index (χ3v) is 6.37. The molecular formula is C25H22N2O4S. The Morgan fingerprint density at radius 2 is 1.66 bits per heavy atom. The predicted octanol–water partition coefficient (Wildman–Crippen LogP) is 5.34. The minimum Gasteiger partial charge on any atom is -0.478 e. The zero-order chi connectivity index (χ0) is 23.0. The molecule has 0 spiro atoms. The van der Waals surface area contributed by atoms with Gasteiger partial charge in [-0.2, -0.15) is 0 Å². The standard InChI is InChI=1S/C25H22N2O4S/c1-15-4-6-18(7-5-15)14-26-23(28)22(32-25(26)31)13-20-12-16(2)27(17(20)3)21-10-8-19(9-11-21)24(29)30/h4-13H,14H2,1-3H3,(H,29,30)/b22-13+. The number of carbonyl (C=O) groups excluding carboxylic acids is 2. The zero-order valence-electron chi connectivity index (χ0n) is 18.0. The van der Waals surface area contributed by atoms with Gasteiger partial charge in [-0.05, 0) is 80.1 Å². The monoisotopic (exact) mass is 446 g/mol. The van der Waals surface area contributed by atoms with Crippen LogP contribution in [0, 0.1) is 20.8 Å². The van der Waals surface area contributed by atoms with E-state index in [1.165, 1.54) is 4.90 Å². The minimum absolute atomic E-state index is 0.221. The lowest BCUT2D eigenvalue weighted by Crippen LogP contribution is -2.27. The molecule has 1 fully saturated rings. The highest BCUT2D eigenvalue weighted by Crippen LogP contribution is 2.34. The van der Waals surface area contributed by atoms with Gasteiger partial charge in [0.15, 0.2) is 0 Å². The highest BCUT2D eigenvalue weighted by Gasteiger charge is 2.35. The van der Waals surface area contributed by atoms with Gasteiger partial charge in [-0.25, -0.2) is 4.79 Å². The molecule has 2 aromatic carbocycles. The summed E-state index contributed by atoms with van der Waals surface area (Å²) < 4.78 is 1.99. The summed E-state index contributed by atoms with van der Waals surface area (Å²) >= 11 is 0.948. The van der Waals surface area contributed by atoms with E-state index >= 15 is 0 Å². The molecule has 2 amide bonds. The molecule has 0 unspecified atom stereocenters. The second-order valence-corrected chi connectivity index (χ2v) is 8.76. The Hall–Kier alpha value is -3.58. The average Bonchev–Trinajstić information content (AvgIpc) is 3.19. The van der Waals surface area contributed by atoms with Crippen molar-refractivity contribution in [2.45, 2.75) is 27.3 Å².